The van der Waals surface area contributed by atoms with E-state index < -0.39 is 0 Å². The topological polar surface area (TPSA) is 61.4 Å². The average Bonchev–Trinajstić information content (AvgIpc) is 2.39. The van der Waals surface area contributed by atoms with Crippen LogP contribution >= 0.6 is 0 Å². The highest BCUT2D eigenvalue weighted by Crippen LogP contribution is 2.20. The third-order valence-corrected chi connectivity index (χ3v) is 2.83. The summed E-state index contributed by atoms with van der Waals surface area (Å²) in [7, 11) is 3.67. The SMILES string of the molecule is C=CCCC(=O)Nc1cc(NC(=O)CN(C)C)ccc1C. The van der Waals surface area contributed by atoms with Crippen molar-refractivity contribution in [3.05, 3.63) is 36.4 Å². The van der Waals surface area contributed by atoms with E-state index in [2.05, 4.69) is 17.2 Å². The number of allylic oxidation sites excluding steroid dienone is 1. The molecule has 0 atom stereocenters. The Balaban J connectivity index is 2.73. The minimum absolute atomic E-state index is 0.0604. The molecule has 1 aromatic carbocycles. The molecule has 0 saturated carbocycles. The summed E-state index contributed by atoms with van der Waals surface area (Å²) in [6.07, 6.45) is 2.76. The van der Waals surface area contributed by atoms with E-state index in [9.17, 15) is 9.59 Å². The second-order valence-electron chi connectivity index (χ2n) is 5.19. The fourth-order valence-electron chi connectivity index (χ4n) is 1.77. The number of rotatable bonds is 7. The largest absolute Gasteiger partial charge is 0.326 e. The van der Waals surface area contributed by atoms with Crippen molar-refractivity contribution < 1.29 is 9.59 Å². The van der Waals surface area contributed by atoms with Gasteiger partial charge in [-0.1, -0.05) is 12.1 Å². The van der Waals surface area contributed by atoms with Crippen molar-refractivity contribution in [2.75, 3.05) is 31.3 Å². The van der Waals surface area contributed by atoms with E-state index in [4.69, 9.17) is 0 Å². The third-order valence-electron chi connectivity index (χ3n) is 2.83. The summed E-state index contributed by atoms with van der Waals surface area (Å²) in [6.45, 7) is 5.82. The Morgan fingerprint density at radius 3 is 2.57 bits per heavy atom. The molecule has 5 nitrogen and oxygen atoms in total. The van der Waals surface area contributed by atoms with Crippen LogP contribution in [0, 0.1) is 6.92 Å². The highest BCUT2D eigenvalue weighted by atomic mass is 16.2. The maximum atomic E-state index is 11.7. The molecule has 0 bridgehead atoms. The van der Waals surface area contributed by atoms with Crippen molar-refractivity contribution in [2.45, 2.75) is 19.8 Å². The quantitative estimate of drug-likeness (QED) is 0.758. The molecule has 2 amide bonds. The average molecular weight is 289 g/mol. The number of nitrogens with one attached hydrogen (secondary N) is 2. The summed E-state index contributed by atoms with van der Waals surface area (Å²) >= 11 is 0. The molecule has 0 spiro atoms. The monoisotopic (exact) mass is 289 g/mol. The first-order chi connectivity index (χ1) is 9.92. The molecule has 5 heteroatoms. The number of hydrogen-bond acceptors (Lipinski definition) is 3. The highest BCUT2D eigenvalue weighted by molar-refractivity contribution is 5.95. The van der Waals surface area contributed by atoms with E-state index in [1.165, 1.54) is 0 Å². The molecule has 0 saturated heterocycles. The molecule has 0 aromatic heterocycles. The minimum Gasteiger partial charge on any atom is -0.326 e. The molecule has 0 heterocycles. The van der Waals surface area contributed by atoms with Crippen LogP contribution in [0.2, 0.25) is 0 Å². The number of amides is 2. The molecule has 1 rings (SSSR count). The standard InChI is InChI=1S/C16H23N3O2/c1-5-6-7-15(20)18-14-10-13(9-8-12(14)2)17-16(21)11-19(3)4/h5,8-10H,1,6-7,11H2,2-4H3,(H,17,21)(H,18,20). The van der Waals surface area contributed by atoms with Gasteiger partial charge in [0.15, 0.2) is 0 Å². The molecule has 114 valence electrons. The van der Waals surface area contributed by atoms with Gasteiger partial charge in [0.05, 0.1) is 6.54 Å². The smallest absolute Gasteiger partial charge is 0.238 e. The molecule has 0 aliphatic rings. The number of likely N-dealkylation sites (N-methyl/N-ethyl adjacent to an activating group) is 1. The Morgan fingerprint density at radius 2 is 1.95 bits per heavy atom. The molecule has 0 unspecified atom stereocenters. The summed E-state index contributed by atoms with van der Waals surface area (Å²) in [5.41, 5.74) is 2.34. The van der Waals surface area contributed by atoms with Crippen LogP contribution in [0.5, 0.6) is 0 Å². The van der Waals surface area contributed by atoms with Crippen LogP contribution < -0.4 is 10.6 Å². The number of hydrogen-bond donors (Lipinski definition) is 2. The van der Waals surface area contributed by atoms with Crippen molar-refractivity contribution >= 4 is 23.2 Å². The predicted octanol–water partition coefficient (Wildman–Crippen LogP) is 2.40. The maximum absolute atomic E-state index is 11.7. The van der Waals surface area contributed by atoms with E-state index in [0.717, 1.165) is 5.56 Å². The first kappa shape index (κ1) is 16.9. The van der Waals surface area contributed by atoms with E-state index in [-0.39, 0.29) is 11.8 Å². The van der Waals surface area contributed by atoms with Crippen LogP contribution in [0.3, 0.4) is 0 Å². The summed E-state index contributed by atoms with van der Waals surface area (Å²) in [5.74, 6) is -0.150. The van der Waals surface area contributed by atoms with Gasteiger partial charge in [-0.15, -0.1) is 6.58 Å². The fraction of sp³-hybridized carbons (Fsp3) is 0.375. The lowest BCUT2D eigenvalue weighted by Crippen LogP contribution is -2.27. The highest BCUT2D eigenvalue weighted by Gasteiger charge is 2.08. The Labute approximate surface area is 126 Å². The predicted molar refractivity (Wildman–Crippen MR) is 86.4 cm³/mol. The van der Waals surface area contributed by atoms with Crippen LogP contribution in [0.4, 0.5) is 11.4 Å². The number of anilines is 2. The maximum Gasteiger partial charge on any atom is 0.238 e. The molecular formula is C16H23N3O2. The van der Waals surface area contributed by atoms with E-state index in [1.54, 1.807) is 17.0 Å². The van der Waals surface area contributed by atoms with Gasteiger partial charge < -0.3 is 15.5 Å². The first-order valence-corrected chi connectivity index (χ1v) is 6.88. The molecular weight excluding hydrogens is 266 g/mol. The summed E-state index contributed by atoms with van der Waals surface area (Å²) in [4.78, 5) is 25.3. The second-order valence-corrected chi connectivity index (χ2v) is 5.19. The molecule has 0 aliphatic carbocycles. The normalized spacial score (nSPS) is 10.3. The fourth-order valence-corrected chi connectivity index (χ4v) is 1.77. The molecule has 2 N–H and O–H groups in total. The zero-order chi connectivity index (χ0) is 15.8. The second kappa shape index (κ2) is 8.21. The Bertz CT molecular complexity index is 524. The van der Waals surface area contributed by atoms with Gasteiger partial charge in [-0.3, -0.25) is 9.59 Å². The molecule has 21 heavy (non-hydrogen) atoms. The van der Waals surface area contributed by atoms with E-state index in [1.807, 2.05) is 33.2 Å². The van der Waals surface area contributed by atoms with Gasteiger partial charge in [-0.05, 0) is 45.1 Å². The van der Waals surface area contributed by atoms with Gasteiger partial charge in [-0.25, -0.2) is 0 Å². The van der Waals surface area contributed by atoms with E-state index >= 15 is 0 Å². The Morgan fingerprint density at radius 1 is 1.24 bits per heavy atom. The molecule has 0 fully saturated rings. The Kier molecular flexibility index (Phi) is 6.62. The van der Waals surface area contributed by atoms with Crippen LogP contribution in [-0.4, -0.2) is 37.4 Å². The molecule has 0 radical (unpaired) electrons. The van der Waals surface area contributed by atoms with Crippen molar-refractivity contribution in [3.63, 3.8) is 0 Å². The zero-order valence-corrected chi connectivity index (χ0v) is 12.9. The van der Waals surface area contributed by atoms with Gasteiger partial charge in [0, 0.05) is 17.8 Å². The third kappa shape index (κ3) is 6.23. The first-order valence-electron chi connectivity index (χ1n) is 6.88. The van der Waals surface area contributed by atoms with Crippen LogP contribution in [-0.2, 0) is 9.59 Å². The lowest BCUT2D eigenvalue weighted by Gasteiger charge is -2.13. The van der Waals surface area contributed by atoms with Crippen LogP contribution in [0.25, 0.3) is 0 Å². The number of carbonyl (C=O) groups excluding carboxylic acids is 2. The number of benzene rings is 1. The van der Waals surface area contributed by atoms with Gasteiger partial charge in [-0.2, -0.15) is 0 Å². The van der Waals surface area contributed by atoms with Gasteiger partial charge in [0.2, 0.25) is 11.8 Å². The van der Waals surface area contributed by atoms with Crippen molar-refractivity contribution in [1.82, 2.24) is 4.90 Å². The number of nitrogens with zero attached hydrogens (tertiary/aromatic N) is 1. The van der Waals surface area contributed by atoms with Gasteiger partial charge >= 0.3 is 0 Å². The van der Waals surface area contributed by atoms with Crippen molar-refractivity contribution in [3.8, 4) is 0 Å². The van der Waals surface area contributed by atoms with Crippen LogP contribution in [0.1, 0.15) is 18.4 Å². The molecule has 0 aliphatic heterocycles. The van der Waals surface area contributed by atoms with Crippen LogP contribution in [0.15, 0.2) is 30.9 Å². The van der Waals surface area contributed by atoms with Crippen molar-refractivity contribution in [1.29, 1.82) is 0 Å². The zero-order valence-electron chi connectivity index (χ0n) is 12.9. The molecule has 1 aromatic rings. The number of carbonyl (C=O) groups is 2. The van der Waals surface area contributed by atoms with Crippen molar-refractivity contribution in [2.24, 2.45) is 0 Å². The lowest BCUT2D eigenvalue weighted by molar-refractivity contribution is -0.117. The lowest BCUT2D eigenvalue weighted by atomic mass is 10.1. The van der Waals surface area contributed by atoms with Gasteiger partial charge in [0.1, 0.15) is 0 Å². The van der Waals surface area contributed by atoms with E-state index in [0.29, 0.717) is 30.8 Å². The summed E-state index contributed by atoms with van der Waals surface area (Å²) < 4.78 is 0. The summed E-state index contributed by atoms with van der Waals surface area (Å²) in [5, 5.41) is 5.66. The summed E-state index contributed by atoms with van der Waals surface area (Å²) in [6, 6.07) is 5.46. The van der Waals surface area contributed by atoms with Gasteiger partial charge in [0.25, 0.3) is 0 Å². The minimum atomic E-state index is -0.0900. The number of aryl methyl sites for hydroxylation is 1. The Hall–Kier alpha value is -2.14.